The Kier molecular flexibility index (Phi) is 6.66. The van der Waals surface area contributed by atoms with Gasteiger partial charge < -0.3 is 14.2 Å². The van der Waals surface area contributed by atoms with Crippen molar-refractivity contribution in [3.63, 3.8) is 0 Å². The molecule has 3 rings (SSSR count). The molecule has 0 spiro atoms. The SMILES string of the molecule is CCOC(=O)CN(C(=O)OC)c1ccc(OCc2nc3ccccc3s2)cc1C. The number of aromatic nitrogens is 1. The fourth-order valence-corrected chi connectivity index (χ4v) is 3.72. The van der Waals surface area contributed by atoms with Crippen LogP contribution in [0.2, 0.25) is 0 Å². The van der Waals surface area contributed by atoms with Crippen molar-refractivity contribution in [2.45, 2.75) is 20.5 Å². The van der Waals surface area contributed by atoms with E-state index in [-0.39, 0.29) is 13.2 Å². The molecule has 0 bridgehead atoms. The molecule has 0 radical (unpaired) electrons. The van der Waals surface area contributed by atoms with Crippen molar-refractivity contribution in [3.05, 3.63) is 53.0 Å². The summed E-state index contributed by atoms with van der Waals surface area (Å²) in [5, 5.41) is 0.881. The molecule has 1 aromatic heterocycles. The van der Waals surface area contributed by atoms with Crippen LogP contribution in [-0.4, -0.2) is 37.3 Å². The highest BCUT2D eigenvalue weighted by molar-refractivity contribution is 7.18. The van der Waals surface area contributed by atoms with Crippen molar-refractivity contribution >= 4 is 39.3 Å². The number of thiazole rings is 1. The van der Waals surface area contributed by atoms with Crippen molar-refractivity contribution in [2.75, 3.05) is 25.2 Å². The number of carbonyl (C=O) groups is 2. The summed E-state index contributed by atoms with van der Waals surface area (Å²) in [4.78, 5) is 29.8. The Hall–Kier alpha value is -3.13. The quantitative estimate of drug-likeness (QED) is 0.536. The molecule has 0 saturated carbocycles. The molecule has 152 valence electrons. The molecule has 7 nitrogen and oxygen atoms in total. The molecule has 0 aliphatic rings. The molecule has 29 heavy (non-hydrogen) atoms. The third-order valence-electron chi connectivity index (χ3n) is 4.15. The van der Waals surface area contributed by atoms with E-state index >= 15 is 0 Å². The number of esters is 1. The predicted octanol–water partition coefficient (Wildman–Crippen LogP) is 4.32. The Labute approximate surface area is 172 Å². The first-order chi connectivity index (χ1) is 14.0. The number of para-hydroxylation sites is 1. The minimum atomic E-state index is -0.635. The second kappa shape index (κ2) is 9.38. The number of anilines is 1. The van der Waals surface area contributed by atoms with Gasteiger partial charge in [-0.1, -0.05) is 12.1 Å². The highest BCUT2D eigenvalue weighted by Crippen LogP contribution is 2.27. The van der Waals surface area contributed by atoms with Gasteiger partial charge in [0.05, 0.1) is 29.6 Å². The summed E-state index contributed by atoms with van der Waals surface area (Å²) < 4.78 is 16.7. The van der Waals surface area contributed by atoms with E-state index in [2.05, 4.69) is 4.98 Å². The summed E-state index contributed by atoms with van der Waals surface area (Å²) in [6.45, 7) is 3.91. The zero-order valence-electron chi connectivity index (χ0n) is 16.5. The average Bonchev–Trinajstić information content (AvgIpc) is 3.13. The van der Waals surface area contributed by atoms with E-state index < -0.39 is 12.1 Å². The van der Waals surface area contributed by atoms with Crippen LogP contribution in [-0.2, 0) is 20.9 Å². The van der Waals surface area contributed by atoms with Gasteiger partial charge in [-0.3, -0.25) is 9.69 Å². The van der Waals surface area contributed by atoms with E-state index in [1.54, 1.807) is 30.4 Å². The number of rotatable bonds is 7. The summed E-state index contributed by atoms with van der Waals surface area (Å²) in [6, 6.07) is 13.2. The van der Waals surface area contributed by atoms with Crippen LogP contribution in [0.1, 0.15) is 17.5 Å². The lowest BCUT2D eigenvalue weighted by molar-refractivity contribution is -0.141. The Morgan fingerprint density at radius 1 is 1.17 bits per heavy atom. The summed E-state index contributed by atoms with van der Waals surface area (Å²) in [6.07, 6.45) is -0.635. The van der Waals surface area contributed by atoms with Crippen molar-refractivity contribution < 1.29 is 23.8 Å². The van der Waals surface area contributed by atoms with E-state index in [0.29, 0.717) is 18.0 Å². The van der Waals surface area contributed by atoms with Crippen molar-refractivity contribution in [1.29, 1.82) is 0 Å². The van der Waals surface area contributed by atoms with Gasteiger partial charge in [0.15, 0.2) is 0 Å². The number of fused-ring (bicyclic) bond motifs is 1. The van der Waals surface area contributed by atoms with Gasteiger partial charge in [-0.05, 0) is 49.7 Å². The number of amides is 1. The first-order valence-electron chi connectivity index (χ1n) is 9.10. The van der Waals surface area contributed by atoms with Crippen molar-refractivity contribution in [3.8, 4) is 5.75 Å². The van der Waals surface area contributed by atoms with E-state index in [1.165, 1.54) is 12.0 Å². The molecule has 3 aromatic rings. The van der Waals surface area contributed by atoms with Gasteiger partial charge in [0, 0.05) is 0 Å². The number of ether oxygens (including phenoxy) is 3. The number of hydrogen-bond donors (Lipinski definition) is 0. The minimum absolute atomic E-state index is 0.229. The highest BCUT2D eigenvalue weighted by atomic mass is 32.1. The lowest BCUT2D eigenvalue weighted by atomic mass is 10.1. The van der Waals surface area contributed by atoms with Crippen LogP contribution in [0, 0.1) is 6.92 Å². The van der Waals surface area contributed by atoms with Gasteiger partial charge in [0.25, 0.3) is 0 Å². The van der Waals surface area contributed by atoms with Crippen LogP contribution in [0.25, 0.3) is 10.2 Å². The molecule has 0 atom stereocenters. The van der Waals surface area contributed by atoms with E-state index in [4.69, 9.17) is 14.2 Å². The molecular formula is C21H22N2O5S. The van der Waals surface area contributed by atoms with Crippen LogP contribution >= 0.6 is 11.3 Å². The van der Waals surface area contributed by atoms with Crippen LogP contribution in [0.3, 0.4) is 0 Å². The predicted molar refractivity (Wildman–Crippen MR) is 112 cm³/mol. The smallest absolute Gasteiger partial charge is 0.414 e. The molecular weight excluding hydrogens is 392 g/mol. The largest absolute Gasteiger partial charge is 0.486 e. The standard InChI is InChI=1S/C21H22N2O5S/c1-4-27-20(24)12-23(21(25)26-3)17-10-9-15(11-14(17)2)28-13-19-22-16-7-5-6-8-18(16)29-19/h5-11H,4,12-13H2,1-3H3. The Bertz CT molecular complexity index is 984. The molecule has 0 unspecified atom stereocenters. The normalized spacial score (nSPS) is 10.6. The molecule has 0 saturated heterocycles. The van der Waals surface area contributed by atoms with Crippen LogP contribution in [0.15, 0.2) is 42.5 Å². The first-order valence-corrected chi connectivity index (χ1v) is 9.92. The number of benzene rings is 2. The third-order valence-corrected chi connectivity index (χ3v) is 5.16. The van der Waals surface area contributed by atoms with Gasteiger partial charge >= 0.3 is 12.1 Å². The molecule has 0 aliphatic heterocycles. The summed E-state index contributed by atoms with van der Waals surface area (Å²) in [7, 11) is 1.27. The summed E-state index contributed by atoms with van der Waals surface area (Å²) in [5.41, 5.74) is 2.27. The number of nitrogens with zero attached hydrogens (tertiary/aromatic N) is 2. The second-order valence-electron chi connectivity index (χ2n) is 6.17. The van der Waals surface area contributed by atoms with Gasteiger partial charge in [0.1, 0.15) is 23.9 Å². The topological polar surface area (TPSA) is 78.0 Å². The van der Waals surface area contributed by atoms with E-state index in [1.807, 2.05) is 37.3 Å². The molecule has 1 amide bonds. The zero-order valence-corrected chi connectivity index (χ0v) is 17.3. The molecule has 1 heterocycles. The number of methoxy groups -OCH3 is 1. The van der Waals surface area contributed by atoms with E-state index in [9.17, 15) is 9.59 Å². The number of aryl methyl sites for hydroxylation is 1. The molecule has 0 N–H and O–H groups in total. The fourth-order valence-electron chi connectivity index (χ4n) is 2.84. The van der Waals surface area contributed by atoms with Crippen molar-refractivity contribution in [2.24, 2.45) is 0 Å². The maximum absolute atomic E-state index is 12.1. The first kappa shape index (κ1) is 20.6. The molecule has 0 fully saturated rings. The van der Waals surface area contributed by atoms with Gasteiger partial charge in [-0.15, -0.1) is 11.3 Å². The number of hydrogen-bond acceptors (Lipinski definition) is 7. The Morgan fingerprint density at radius 2 is 1.97 bits per heavy atom. The average molecular weight is 414 g/mol. The lowest BCUT2D eigenvalue weighted by Gasteiger charge is -2.22. The Balaban J connectivity index is 1.73. The van der Waals surface area contributed by atoms with Gasteiger partial charge in [0.2, 0.25) is 0 Å². The number of carbonyl (C=O) groups excluding carboxylic acids is 2. The van der Waals surface area contributed by atoms with Crippen LogP contribution in [0.5, 0.6) is 5.75 Å². The second-order valence-corrected chi connectivity index (χ2v) is 7.29. The summed E-state index contributed by atoms with van der Waals surface area (Å²) in [5.74, 6) is 0.139. The van der Waals surface area contributed by atoms with E-state index in [0.717, 1.165) is 20.8 Å². The molecule has 8 heteroatoms. The molecule has 0 aliphatic carbocycles. The van der Waals surface area contributed by atoms with Crippen molar-refractivity contribution in [1.82, 2.24) is 4.98 Å². The summed E-state index contributed by atoms with van der Waals surface area (Å²) >= 11 is 1.59. The Morgan fingerprint density at radius 3 is 2.66 bits per heavy atom. The lowest BCUT2D eigenvalue weighted by Crippen LogP contribution is -2.37. The van der Waals surface area contributed by atoms with Gasteiger partial charge in [-0.25, -0.2) is 9.78 Å². The zero-order chi connectivity index (χ0) is 20.8. The van der Waals surface area contributed by atoms with Gasteiger partial charge in [-0.2, -0.15) is 0 Å². The third kappa shape index (κ3) is 5.03. The minimum Gasteiger partial charge on any atom is -0.486 e. The monoisotopic (exact) mass is 414 g/mol. The van der Waals surface area contributed by atoms with Crippen LogP contribution in [0.4, 0.5) is 10.5 Å². The maximum Gasteiger partial charge on any atom is 0.414 e. The fraction of sp³-hybridized carbons (Fsp3) is 0.286. The highest BCUT2D eigenvalue weighted by Gasteiger charge is 2.22. The molecule has 2 aromatic carbocycles. The maximum atomic E-state index is 12.1. The van der Waals surface area contributed by atoms with Crippen LogP contribution < -0.4 is 9.64 Å².